The molecule has 2 N–H and O–H groups in total. The summed E-state index contributed by atoms with van der Waals surface area (Å²) in [5.41, 5.74) is -0.275. The number of benzene rings is 1. The molecule has 1 saturated heterocycles. The lowest BCUT2D eigenvalue weighted by Gasteiger charge is -2.11. The van der Waals surface area contributed by atoms with E-state index in [0.717, 1.165) is 17.8 Å². The molecule has 8 heteroatoms. The fraction of sp³-hybridized carbons (Fsp3) is 0.154. The SMILES string of the molecule is COC(=O)/C=C1\SC(NC(=O)c2cccc(Cl)c2)NC1=O. The van der Waals surface area contributed by atoms with Gasteiger partial charge >= 0.3 is 5.97 Å². The molecule has 0 aromatic heterocycles. The summed E-state index contributed by atoms with van der Waals surface area (Å²) in [6.45, 7) is 0. The third-order valence-corrected chi connectivity index (χ3v) is 3.79. The molecule has 1 aliphatic rings. The van der Waals surface area contributed by atoms with Crippen LogP contribution in [0.3, 0.4) is 0 Å². The van der Waals surface area contributed by atoms with Crippen molar-refractivity contribution in [3.63, 3.8) is 0 Å². The third kappa shape index (κ3) is 3.99. The van der Waals surface area contributed by atoms with Crippen molar-refractivity contribution in [2.45, 2.75) is 5.50 Å². The maximum atomic E-state index is 12.0. The van der Waals surface area contributed by atoms with Gasteiger partial charge in [0.1, 0.15) is 0 Å². The van der Waals surface area contributed by atoms with Crippen LogP contribution in [0, 0.1) is 0 Å². The Balaban J connectivity index is 2.02. The number of ether oxygens (including phenoxy) is 1. The minimum atomic E-state index is -0.653. The summed E-state index contributed by atoms with van der Waals surface area (Å²) in [4.78, 5) is 34.9. The zero-order chi connectivity index (χ0) is 15.4. The fourth-order valence-electron chi connectivity index (χ4n) is 1.56. The van der Waals surface area contributed by atoms with Crippen LogP contribution < -0.4 is 10.6 Å². The molecular weight excluding hydrogens is 316 g/mol. The Labute approximate surface area is 129 Å². The highest BCUT2D eigenvalue weighted by Gasteiger charge is 2.29. The fourth-order valence-corrected chi connectivity index (χ4v) is 2.67. The van der Waals surface area contributed by atoms with Gasteiger partial charge in [0.25, 0.3) is 11.8 Å². The van der Waals surface area contributed by atoms with Gasteiger partial charge in [-0.25, -0.2) is 4.79 Å². The molecule has 1 heterocycles. The number of carbonyl (C=O) groups is 3. The molecule has 0 spiro atoms. The highest BCUT2D eigenvalue weighted by atomic mass is 35.5. The second kappa shape index (κ2) is 6.64. The molecule has 6 nitrogen and oxygen atoms in total. The van der Waals surface area contributed by atoms with Crippen molar-refractivity contribution in [3.8, 4) is 0 Å². The summed E-state index contributed by atoms with van der Waals surface area (Å²) >= 11 is 6.83. The predicted molar refractivity (Wildman–Crippen MR) is 78.5 cm³/mol. The number of amides is 2. The van der Waals surface area contributed by atoms with Crippen LogP contribution in [0.1, 0.15) is 10.4 Å². The summed E-state index contributed by atoms with van der Waals surface area (Å²) < 4.78 is 4.45. The van der Waals surface area contributed by atoms with Crippen LogP contribution in [-0.4, -0.2) is 30.4 Å². The Morgan fingerprint density at radius 1 is 1.48 bits per heavy atom. The average Bonchev–Trinajstić information content (AvgIpc) is 2.78. The molecule has 0 aliphatic carbocycles. The lowest BCUT2D eigenvalue weighted by Crippen LogP contribution is -2.41. The van der Waals surface area contributed by atoms with Crippen molar-refractivity contribution in [1.29, 1.82) is 0 Å². The summed E-state index contributed by atoms with van der Waals surface area (Å²) in [6, 6.07) is 6.43. The van der Waals surface area contributed by atoms with Gasteiger partial charge in [-0.1, -0.05) is 29.4 Å². The molecular formula is C13H11ClN2O4S. The topological polar surface area (TPSA) is 84.5 Å². The maximum absolute atomic E-state index is 12.0. The van der Waals surface area contributed by atoms with Gasteiger partial charge in [-0.15, -0.1) is 0 Å². The normalized spacial score (nSPS) is 19.2. The molecule has 1 atom stereocenters. The molecule has 110 valence electrons. The van der Waals surface area contributed by atoms with Crippen LogP contribution in [0.2, 0.25) is 5.02 Å². The second-order valence-electron chi connectivity index (χ2n) is 3.99. The molecule has 1 unspecified atom stereocenters. The van der Waals surface area contributed by atoms with Gasteiger partial charge in [-0.05, 0) is 18.2 Å². The van der Waals surface area contributed by atoms with Crippen LogP contribution >= 0.6 is 23.4 Å². The number of esters is 1. The summed E-state index contributed by atoms with van der Waals surface area (Å²) in [5.74, 6) is -1.45. The first-order valence-electron chi connectivity index (χ1n) is 5.83. The minimum Gasteiger partial charge on any atom is -0.466 e. The number of halogens is 1. The first-order chi connectivity index (χ1) is 9.99. The number of rotatable bonds is 3. The molecule has 0 radical (unpaired) electrons. The summed E-state index contributed by atoms with van der Waals surface area (Å²) in [6.07, 6.45) is 1.07. The van der Waals surface area contributed by atoms with E-state index in [2.05, 4.69) is 15.4 Å². The van der Waals surface area contributed by atoms with Crippen LogP contribution in [0.15, 0.2) is 35.2 Å². The Hall–Kier alpha value is -1.99. The van der Waals surface area contributed by atoms with E-state index in [1.54, 1.807) is 18.2 Å². The van der Waals surface area contributed by atoms with Crippen LogP contribution in [0.25, 0.3) is 0 Å². The molecule has 0 saturated carbocycles. The molecule has 1 aromatic rings. The van der Waals surface area contributed by atoms with E-state index in [4.69, 9.17) is 11.6 Å². The molecule has 1 aromatic carbocycles. The van der Waals surface area contributed by atoms with Crippen LogP contribution in [0.4, 0.5) is 0 Å². The van der Waals surface area contributed by atoms with E-state index in [9.17, 15) is 14.4 Å². The van der Waals surface area contributed by atoms with Gasteiger partial charge in [0.15, 0.2) is 5.50 Å². The van der Waals surface area contributed by atoms with E-state index >= 15 is 0 Å². The van der Waals surface area contributed by atoms with E-state index in [1.807, 2.05) is 0 Å². The lowest BCUT2D eigenvalue weighted by atomic mass is 10.2. The van der Waals surface area contributed by atoms with Crippen molar-refractivity contribution in [1.82, 2.24) is 10.6 Å². The number of hydrogen-bond acceptors (Lipinski definition) is 5. The largest absolute Gasteiger partial charge is 0.466 e. The zero-order valence-electron chi connectivity index (χ0n) is 10.9. The molecule has 0 bridgehead atoms. The van der Waals surface area contributed by atoms with Crippen molar-refractivity contribution in [2.24, 2.45) is 0 Å². The summed E-state index contributed by atoms with van der Waals surface area (Å²) in [7, 11) is 1.22. The third-order valence-electron chi connectivity index (χ3n) is 2.53. The average molecular weight is 327 g/mol. The number of thioether (sulfide) groups is 1. The minimum absolute atomic E-state index is 0.179. The van der Waals surface area contributed by atoms with Crippen molar-refractivity contribution in [2.75, 3.05) is 7.11 Å². The first kappa shape index (κ1) is 15.4. The van der Waals surface area contributed by atoms with E-state index in [-0.39, 0.29) is 10.8 Å². The van der Waals surface area contributed by atoms with Crippen molar-refractivity contribution < 1.29 is 19.1 Å². The molecule has 1 fully saturated rings. The van der Waals surface area contributed by atoms with Gasteiger partial charge in [-0.3, -0.25) is 9.59 Å². The van der Waals surface area contributed by atoms with Gasteiger partial charge in [0, 0.05) is 16.7 Å². The maximum Gasteiger partial charge on any atom is 0.331 e. The van der Waals surface area contributed by atoms with Crippen molar-refractivity contribution in [3.05, 3.63) is 45.8 Å². The second-order valence-corrected chi connectivity index (χ2v) is 5.57. The predicted octanol–water partition coefficient (Wildman–Crippen LogP) is 1.27. The van der Waals surface area contributed by atoms with E-state index in [0.29, 0.717) is 10.6 Å². The number of methoxy groups -OCH3 is 1. The van der Waals surface area contributed by atoms with Gasteiger partial charge in [0.05, 0.1) is 12.0 Å². The first-order valence-corrected chi connectivity index (χ1v) is 7.09. The van der Waals surface area contributed by atoms with Gasteiger partial charge < -0.3 is 15.4 Å². The van der Waals surface area contributed by atoms with Crippen LogP contribution in [0.5, 0.6) is 0 Å². The highest BCUT2D eigenvalue weighted by Crippen LogP contribution is 2.26. The Morgan fingerprint density at radius 3 is 2.90 bits per heavy atom. The highest BCUT2D eigenvalue weighted by molar-refractivity contribution is 8.05. The molecule has 1 aliphatic heterocycles. The molecule has 2 rings (SSSR count). The Bertz CT molecular complexity index is 632. The quantitative estimate of drug-likeness (QED) is 0.645. The smallest absolute Gasteiger partial charge is 0.331 e. The van der Waals surface area contributed by atoms with Gasteiger partial charge in [-0.2, -0.15) is 0 Å². The molecule has 21 heavy (non-hydrogen) atoms. The van der Waals surface area contributed by atoms with E-state index < -0.39 is 17.4 Å². The zero-order valence-corrected chi connectivity index (χ0v) is 12.5. The Morgan fingerprint density at radius 2 is 2.24 bits per heavy atom. The van der Waals surface area contributed by atoms with Crippen molar-refractivity contribution >= 4 is 41.1 Å². The van der Waals surface area contributed by atoms with Gasteiger partial charge in [0.2, 0.25) is 0 Å². The monoisotopic (exact) mass is 326 g/mol. The number of nitrogens with one attached hydrogen (secondary N) is 2. The number of carbonyl (C=O) groups excluding carboxylic acids is 3. The number of hydrogen-bond donors (Lipinski definition) is 2. The molecule has 2 amide bonds. The lowest BCUT2D eigenvalue weighted by molar-refractivity contribution is -0.135. The Kier molecular flexibility index (Phi) is 4.87. The van der Waals surface area contributed by atoms with Crippen LogP contribution in [-0.2, 0) is 14.3 Å². The summed E-state index contributed by atoms with van der Waals surface area (Å²) in [5, 5.41) is 5.59. The standard InChI is InChI=1S/C13H11ClN2O4S/c1-20-10(17)6-9-12(19)16-13(21-9)15-11(18)7-3-2-4-8(14)5-7/h2-6,13H,1H3,(H,15,18)(H,16,19)/b9-6-. The van der Waals surface area contributed by atoms with E-state index in [1.165, 1.54) is 13.2 Å².